The largest absolute Gasteiger partial charge is 0.397 e. The van der Waals surface area contributed by atoms with Gasteiger partial charge in [-0.25, -0.2) is 8.78 Å². The number of carbonyl (C=O) groups is 12. The van der Waals surface area contributed by atoms with Crippen LogP contribution in [0.25, 0.3) is 0 Å². The van der Waals surface area contributed by atoms with Crippen LogP contribution in [0.4, 0.5) is 35.1 Å². The summed E-state index contributed by atoms with van der Waals surface area (Å²) in [4.78, 5) is 192. The lowest BCUT2D eigenvalue weighted by molar-refractivity contribution is -0.219. The van der Waals surface area contributed by atoms with E-state index in [0.717, 1.165) is 32.4 Å². The number of carbonyl (C=O) groups excluding carboxylic acids is 12. The molecular formula is C75H114F8N12O12. The maximum absolute atomic E-state index is 15.7. The van der Waals surface area contributed by atoms with Crippen LogP contribution in [0, 0.1) is 47.3 Å². The summed E-state index contributed by atoms with van der Waals surface area (Å²) < 4.78 is 115. The molecule has 602 valence electrons. The lowest BCUT2D eigenvalue weighted by atomic mass is 9.76. The molecule has 7 fully saturated rings. The van der Waals surface area contributed by atoms with Gasteiger partial charge in [-0.2, -0.15) is 26.3 Å². The molecule has 3 N–H and O–H groups in total. The molecule has 32 heteroatoms. The number of alkyl halides is 8. The summed E-state index contributed by atoms with van der Waals surface area (Å²) in [5, 5.41) is 8.54. The van der Waals surface area contributed by atoms with Gasteiger partial charge >= 0.3 is 12.4 Å². The van der Waals surface area contributed by atoms with Crippen LogP contribution in [0.3, 0.4) is 0 Å². The van der Waals surface area contributed by atoms with Gasteiger partial charge in [0.2, 0.25) is 70.9 Å². The molecule has 0 aromatic heterocycles. The smallest absolute Gasteiger partial charge is 0.347 e. The molecule has 3 aliphatic heterocycles. The highest BCUT2D eigenvalue weighted by Crippen LogP contribution is 2.46. The van der Waals surface area contributed by atoms with Crippen LogP contribution in [0.5, 0.6) is 0 Å². The molecule has 2 unspecified atom stereocenters. The maximum Gasteiger partial charge on any atom is 0.397 e. The zero-order valence-corrected chi connectivity index (χ0v) is 64.0. The Morgan fingerprint density at radius 2 is 1.20 bits per heavy atom. The van der Waals surface area contributed by atoms with Crippen molar-refractivity contribution in [1.29, 1.82) is 0 Å². The van der Waals surface area contributed by atoms with Crippen LogP contribution < -0.4 is 16.0 Å². The quantitative estimate of drug-likeness (QED) is 0.144. The second kappa shape index (κ2) is 36.1. The number of fused-ring (bicyclic) bond motifs is 3. The highest BCUT2D eigenvalue weighted by Gasteiger charge is 2.56. The molecule has 2 saturated heterocycles. The molecule has 24 nitrogen and oxygen atoms in total. The van der Waals surface area contributed by atoms with E-state index in [2.05, 4.69) is 16.0 Å². The maximum atomic E-state index is 15.7. The Hall–Kier alpha value is -7.18. The first-order valence-electron chi connectivity index (χ1n) is 38.5. The SMILES string of the molecule is CC[C@H](C)[C@@H]1NC(=O)[C@H](CC2CC2)N(C)C(=O)C[C@@H](C(=O)N(C)C)N(C)C(=O)[C@H](C2CCCC2)N(C)C(=O)C2(CCCC2)NC(=O)[C@@H]2C[C@H](C)CN2C(=O)[C@H](CCC2CC(F)C(C(F)(F)F)C(F)C2)NC(=O)CN(C)C(=O)[C@H](CC2CCC(C(F)(F)F)CC2)N2CC/C=C\C[C@@H](C2=O)N(C)C(=O)CN(C)C1=O. The first kappa shape index (κ1) is 85.4. The molecule has 5 saturated carbocycles. The average molecular weight is 1530 g/mol. The van der Waals surface area contributed by atoms with Gasteiger partial charge in [-0.3, -0.25) is 57.5 Å². The predicted molar refractivity (Wildman–Crippen MR) is 377 cm³/mol. The van der Waals surface area contributed by atoms with E-state index in [9.17, 15) is 55.1 Å². The zero-order valence-electron chi connectivity index (χ0n) is 64.0. The van der Waals surface area contributed by atoms with Crippen molar-refractivity contribution in [3.05, 3.63) is 12.2 Å². The molecule has 0 aromatic carbocycles. The Bertz CT molecular complexity index is 3240. The van der Waals surface area contributed by atoms with Crippen LogP contribution in [0.1, 0.15) is 181 Å². The van der Waals surface area contributed by atoms with Crippen molar-refractivity contribution in [3.63, 3.8) is 0 Å². The van der Waals surface area contributed by atoms with E-state index in [1.807, 2.05) is 0 Å². The molecule has 2 bridgehead atoms. The van der Waals surface area contributed by atoms with E-state index in [1.54, 1.807) is 32.9 Å². The number of hydrogen-bond donors (Lipinski definition) is 3. The predicted octanol–water partition coefficient (Wildman–Crippen LogP) is 6.73. The molecule has 5 aliphatic carbocycles. The van der Waals surface area contributed by atoms with Crippen molar-refractivity contribution in [3.8, 4) is 0 Å². The van der Waals surface area contributed by atoms with Crippen molar-refractivity contribution in [1.82, 2.24) is 60.0 Å². The van der Waals surface area contributed by atoms with E-state index < -0.39 is 230 Å². The Balaban J connectivity index is 1.19. The van der Waals surface area contributed by atoms with E-state index in [4.69, 9.17) is 0 Å². The minimum atomic E-state index is -5.20. The minimum absolute atomic E-state index is 0.00609. The third-order valence-electron chi connectivity index (χ3n) is 24.6. The number of amides is 12. The summed E-state index contributed by atoms with van der Waals surface area (Å²) in [7, 11) is 11.0. The molecule has 107 heavy (non-hydrogen) atoms. The van der Waals surface area contributed by atoms with Gasteiger partial charge < -0.3 is 60.0 Å². The molecule has 0 radical (unpaired) electrons. The third-order valence-corrected chi connectivity index (χ3v) is 24.6. The monoisotopic (exact) mass is 1530 g/mol. The first-order valence-corrected chi connectivity index (χ1v) is 38.5. The van der Waals surface area contributed by atoms with Gasteiger partial charge in [-0.1, -0.05) is 77.9 Å². The fourth-order valence-corrected chi connectivity index (χ4v) is 17.6. The molecule has 0 aromatic rings. The van der Waals surface area contributed by atoms with E-state index >= 15 is 37.5 Å². The number of rotatable bonds is 11. The number of hydrogen-bond acceptors (Lipinski definition) is 12. The summed E-state index contributed by atoms with van der Waals surface area (Å²) >= 11 is 0. The van der Waals surface area contributed by atoms with Crippen molar-refractivity contribution < 1.29 is 92.7 Å². The topological polar surface area (TPSA) is 270 Å². The van der Waals surface area contributed by atoms with Gasteiger partial charge in [0.25, 0.3) is 0 Å². The molecule has 12 amide bonds. The van der Waals surface area contributed by atoms with Gasteiger partial charge in [0.1, 0.15) is 72.1 Å². The average Bonchev–Trinajstić information content (AvgIpc) is 1.70. The molecule has 1 spiro atoms. The fourth-order valence-electron chi connectivity index (χ4n) is 17.6. The molecule has 8 aliphatic rings. The molecular weight excluding hydrogens is 1410 g/mol. The second-order valence-electron chi connectivity index (χ2n) is 32.6. The lowest BCUT2D eigenvalue weighted by Crippen LogP contribution is -2.65. The molecule has 8 rings (SSSR count). The summed E-state index contributed by atoms with van der Waals surface area (Å²) in [5.74, 6) is -16.7. The van der Waals surface area contributed by atoms with Crippen LogP contribution in [0.15, 0.2) is 12.2 Å². The van der Waals surface area contributed by atoms with Crippen molar-refractivity contribution in [2.75, 3.05) is 82.6 Å². The number of nitrogens with zero attached hydrogens (tertiary/aromatic N) is 9. The first-order chi connectivity index (χ1) is 50.2. The van der Waals surface area contributed by atoms with Gasteiger partial charge in [0, 0.05) is 69.5 Å². The molecule has 3 heterocycles. The summed E-state index contributed by atoms with van der Waals surface area (Å²) in [5.41, 5.74) is -1.67. The van der Waals surface area contributed by atoms with Crippen molar-refractivity contribution in [2.24, 2.45) is 47.3 Å². The van der Waals surface area contributed by atoms with E-state index in [0.29, 0.717) is 44.9 Å². The van der Waals surface area contributed by atoms with E-state index in [1.165, 1.54) is 80.9 Å². The van der Waals surface area contributed by atoms with Crippen LogP contribution >= 0.6 is 0 Å². The summed E-state index contributed by atoms with van der Waals surface area (Å²) in [6, 6.07) is -11.0. The van der Waals surface area contributed by atoms with Gasteiger partial charge in [-0.15, -0.1) is 0 Å². The Kier molecular flexibility index (Phi) is 28.8. The zero-order chi connectivity index (χ0) is 79.1. The van der Waals surface area contributed by atoms with Gasteiger partial charge in [0.05, 0.1) is 25.4 Å². The third kappa shape index (κ3) is 20.6. The number of likely N-dealkylation sites (N-methyl/N-ethyl adjacent to an activating group) is 7. The summed E-state index contributed by atoms with van der Waals surface area (Å²) in [6.07, 6.45) is -9.67. The Labute approximate surface area is 623 Å². The van der Waals surface area contributed by atoms with E-state index in [-0.39, 0.29) is 96.1 Å². The Morgan fingerprint density at radius 3 is 1.77 bits per heavy atom. The highest BCUT2D eigenvalue weighted by molar-refractivity contribution is 6.01. The Morgan fingerprint density at radius 1 is 0.607 bits per heavy atom. The fraction of sp³-hybridized carbons (Fsp3) is 0.813. The van der Waals surface area contributed by atoms with Crippen LogP contribution in [-0.4, -0.2) is 276 Å². The van der Waals surface area contributed by atoms with Crippen molar-refractivity contribution >= 4 is 70.9 Å². The van der Waals surface area contributed by atoms with Crippen LogP contribution in [-0.2, 0) is 57.5 Å². The van der Waals surface area contributed by atoms with Gasteiger partial charge in [-0.05, 0) is 145 Å². The molecule has 12 atom stereocenters. The highest BCUT2D eigenvalue weighted by atomic mass is 19.4. The lowest BCUT2D eigenvalue weighted by Gasteiger charge is -2.42. The van der Waals surface area contributed by atoms with Gasteiger partial charge in [0.15, 0.2) is 0 Å². The second-order valence-corrected chi connectivity index (χ2v) is 32.6. The number of halogens is 8. The van der Waals surface area contributed by atoms with Crippen molar-refractivity contribution in [2.45, 2.75) is 260 Å². The number of nitrogens with one attached hydrogen (secondary N) is 3. The summed E-state index contributed by atoms with van der Waals surface area (Å²) in [6.45, 7) is 3.51. The van der Waals surface area contributed by atoms with Crippen LogP contribution in [0.2, 0.25) is 0 Å². The standard InChI is InChI=1S/C75H114F8N12O12/c1-12-44(3)62-70(105)89(7)42-60(98)90(8)53-22-14-13-19-33-94(69(53)104)57(38-46-25-28-49(29-26-46)74(78,79)80)68(103)88(6)41-58(96)84-52(30-27-47-35-50(76)61(51(77)36-47)75(81,82)83)66(101)95-40-43(2)34-55(95)65(100)86-73(31-17-18-32-73)72(107)93(11)63(48-20-15-16-21-48)71(106)92(10)56(67(102)87(4)5)39-59(97)91(9)54(64(99)85-62)37-45-23-24-45/h13-14,43-57,61-63H,12,15-42H2,1-11H3,(H,84,96)(H,85,99)(H,86,100)/b14-13-/t43-,44-,46?,47?,49?,50?,51?,52-,53-,54-,55-,56-,57-,61?,62-,63-/m0/s1. The minimum Gasteiger partial charge on any atom is -0.347 e. The normalized spacial score (nSPS) is 32.9.